The van der Waals surface area contributed by atoms with Crippen molar-refractivity contribution in [2.45, 2.75) is 12.3 Å². The molecule has 1 N–H and O–H groups in total. The molecule has 0 bridgehead atoms. The Balaban J connectivity index is 1.57. The maximum atomic E-state index is 13.2. The van der Waals surface area contributed by atoms with Gasteiger partial charge in [-0.25, -0.2) is 4.98 Å². The van der Waals surface area contributed by atoms with Crippen LogP contribution in [0.15, 0.2) is 47.5 Å². The number of benzene rings is 1. The second kappa shape index (κ2) is 9.09. The predicted octanol–water partition coefficient (Wildman–Crippen LogP) is 2.49. The molecule has 1 aromatic carbocycles. The second-order valence-corrected chi connectivity index (χ2v) is 7.41. The van der Waals surface area contributed by atoms with Gasteiger partial charge in [-0.05, 0) is 30.7 Å². The SMILES string of the molecule is COc1cc(C(=O)N2CC[C@H](c3nc(-c4cccnc4)cc(=O)[nH]3)C2)cc(OC)c1OC. The normalized spacial score (nSPS) is 15.5. The van der Waals surface area contributed by atoms with E-state index in [-0.39, 0.29) is 17.4 Å². The third-order valence-corrected chi connectivity index (χ3v) is 5.49. The van der Waals surface area contributed by atoms with Crippen LogP contribution >= 0.6 is 0 Å². The van der Waals surface area contributed by atoms with E-state index in [1.54, 1.807) is 35.5 Å². The van der Waals surface area contributed by atoms with Crippen molar-refractivity contribution in [2.24, 2.45) is 0 Å². The smallest absolute Gasteiger partial charge is 0.254 e. The third-order valence-electron chi connectivity index (χ3n) is 5.49. The van der Waals surface area contributed by atoms with Crippen LogP contribution in [0.2, 0.25) is 0 Å². The number of methoxy groups -OCH3 is 3. The number of nitrogens with zero attached hydrogens (tertiary/aromatic N) is 3. The van der Waals surface area contributed by atoms with Gasteiger partial charge in [-0.3, -0.25) is 14.6 Å². The first-order valence-corrected chi connectivity index (χ1v) is 10.1. The van der Waals surface area contributed by atoms with Gasteiger partial charge in [0.15, 0.2) is 11.5 Å². The van der Waals surface area contributed by atoms with E-state index in [0.29, 0.717) is 53.8 Å². The van der Waals surface area contributed by atoms with Crippen LogP contribution in [0, 0.1) is 0 Å². The van der Waals surface area contributed by atoms with Crippen molar-refractivity contribution in [3.8, 4) is 28.5 Å². The molecule has 9 nitrogen and oxygen atoms in total. The summed E-state index contributed by atoms with van der Waals surface area (Å²) in [5.74, 6) is 1.60. The molecule has 1 saturated heterocycles. The number of pyridine rings is 1. The van der Waals surface area contributed by atoms with Gasteiger partial charge >= 0.3 is 0 Å². The fourth-order valence-corrected chi connectivity index (χ4v) is 3.89. The van der Waals surface area contributed by atoms with Crippen molar-refractivity contribution in [2.75, 3.05) is 34.4 Å². The molecule has 0 unspecified atom stereocenters. The highest BCUT2D eigenvalue weighted by Gasteiger charge is 2.31. The van der Waals surface area contributed by atoms with Crippen LogP contribution < -0.4 is 19.8 Å². The summed E-state index contributed by atoms with van der Waals surface area (Å²) in [5, 5.41) is 0. The van der Waals surface area contributed by atoms with E-state index in [4.69, 9.17) is 14.2 Å². The number of aromatic nitrogens is 3. The van der Waals surface area contributed by atoms with Gasteiger partial charge in [-0.1, -0.05) is 0 Å². The quantitative estimate of drug-likeness (QED) is 0.633. The van der Waals surface area contributed by atoms with Gasteiger partial charge in [-0.15, -0.1) is 0 Å². The molecular formula is C23H24N4O5. The molecule has 2 aromatic heterocycles. The number of nitrogens with one attached hydrogen (secondary N) is 1. The zero-order chi connectivity index (χ0) is 22.7. The van der Waals surface area contributed by atoms with E-state index in [0.717, 1.165) is 5.56 Å². The highest BCUT2D eigenvalue weighted by Crippen LogP contribution is 2.39. The van der Waals surface area contributed by atoms with Crippen LogP contribution in [-0.2, 0) is 0 Å². The zero-order valence-electron chi connectivity index (χ0n) is 18.1. The fourth-order valence-electron chi connectivity index (χ4n) is 3.89. The molecule has 32 heavy (non-hydrogen) atoms. The molecule has 1 aliphatic heterocycles. The number of carbonyl (C=O) groups is 1. The van der Waals surface area contributed by atoms with Crippen LogP contribution in [0.5, 0.6) is 17.2 Å². The summed E-state index contributed by atoms with van der Waals surface area (Å²) in [6, 6.07) is 8.38. The highest BCUT2D eigenvalue weighted by molar-refractivity contribution is 5.96. The minimum Gasteiger partial charge on any atom is -0.493 e. The van der Waals surface area contributed by atoms with E-state index in [1.165, 1.54) is 27.4 Å². The third kappa shape index (κ3) is 4.14. The Kier molecular flexibility index (Phi) is 6.07. The number of likely N-dealkylation sites (tertiary alicyclic amines) is 1. The Bertz CT molecular complexity index is 1150. The van der Waals surface area contributed by atoms with Crippen LogP contribution in [0.3, 0.4) is 0 Å². The standard InChI is InChI=1S/C23H24N4O5/c1-30-18-9-16(10-19(31-2)21(18)32-3)23(29)27-8-6-15(13-27)22-25-17(11-20(28)26-22)14-5-4-7-24-12-14/h4-5,7,9-12,15H,6,8,13H2,1-3H3,(H,25,26,28)/t15-/m0/s1. The molecule has 166 valence electrons. The number of amides is 1. The zero-order valence-corrected chi connectivity index (χ0v) is 18.1. The maximum absolute atomic E-state index is 13.2. The van der Waals surface area contributed by atoms with Crippen molar-refractivity contribution in [1.82, 2.24) is 19.9 Å². The topological polar surface area (TPSA) is 107 Å². The summed E-state index contributed by atoms with van der Waals surface area (Å²) < 4.78 is 16.1. The van der Waals surface area contributed by atoms with Gasteiger partial charge < -0.3 is 24.1 Å². The molecule has 1 amide bonds. The fraction of sp³-hybridized carbons (Fsp3) is 0.304. The summed E-state index contributed by atoms with van der Waals surface area (Å²) in [7, 11) is 4.53. The van der Waals surface area contributed by atoms with E-state index in [2.05, 4.69) is 15.0 Å². The lowest BCUT2D eigenvalue weighted by atomic mass is 10.1. The minimum atomic E-state index is -0.233. The van der Waals surface area contributed by atoms with Crippen molar-refractivity contribution >= 4 is 5.91 Å². The van der Waals surface area contributed by atoms with Crippen LogP contribution in [0.1, 0.15) is 28.5 Å². The second-order valence-electron chi connectivity index (χ2n) is 7.41. The summed E-state index contributed by atoms with van der Waals surface area (Å²) in [4.78, 5) is 38.7. The Morgan fingerprint density at radius 2 is 1.88 bits per heavy atom. The van der Waals surface area contributed by atoms with Crippen LogP contribution in [-0.4, -0.2) is 60.2 Å². The Labute approximate surface area is 185 Å². The monoisotopic (exact) mass is 436 g/mol. The van der Waals surface area contributed by atoms with Gasteiger partial charge in [0.1, 0.15) is 5.82 Å². The van der Waals surface area contributed by atoms with Gasteiger partial charge in [-0.2, -0.15) is 0 Å². The van der Waals surface area contributed by atoms with Crippen molar-refractivity contribution in [3.63, 3.8) is 0 Å². The number of ether oxygens (including phenoxy) is 3. The molecule has 0 saturated carbocycles. The van der Waals surface area contributed by atoms with Gasteiger partial charge in [0, 0.05) is 48.6 Å². The Morgan fingerprint density at radius 3 is 2.50 bits per heavy atom. The van der Waals surface area contributed by atoms with Crippen LogP contribution in [0.4, 0.5) is 0 Å². The summed E-state index contributed by atoms with van der Waals surface area (Å²) in [6.45, 7) is 0.982. The minimum absolute atomic E-state index is 0.0784. The molecule has 0 radical (unpaired) electrons. The lowest BCUT2D eigenvalue weighted by Crippen LogP contribution is -2.29. The van der Waals surface area contributed by atoms with E-state index in [9.17, 15) is 9.59 Å². The van der Waals surface area contributed by atoms with E-state index in [1.807, 2.05) is 6.07 Å². The molecule has 1 aliphatic rings. The van der Waals surface area contributed by atoms with Crippen molar-refractivity contribution in [1.29, 1.82) is 0 Å². The first kappa shape index (κ1) is 21.4. The number of aromatic amines is 1. The molecule has 1 fully saturated rings. The lowest BCUT2D eigenvalue weighted by molar-refractivity contribution is 0.0789. The van der Waals surface area contributed by atoms with Gasteiger partial charge in [0.05, 0.1) is 27.0 Å². The Morgan fingerprint density at radius 1 is 1.12 bits per heavy atom. The molecule has 3 aromatic rings. The molecule has 0 aliphatic carbocycles. The number of H-pyrrole nitrogens is 1. The molecule has 3 heterocycles. The van der Waals surface area contributed by atoms with E-state index < -0.39 is 0 Å². The molecule has 1 atom stereocenters. The highest BCUT2D eigenvalue weighted by atomic mass is 16.5. The first-order valence-electron chi connectivity index (χ1n) is 10.1. The summed E-state index contributed by atoms with van der Waals surface area (Å²) >= 11 is 0. The first-order chi connectivity index (χ1) is 15.5. The number of rotatable bonds is 6. The maximum Gasteiger partial charge on any atom is 0.254 e. The average Bonchev–Trinajstić information content (AvgIpc) is 3.33. The summed E-state index contributed by atoms with van der Waals surface area (Å²) in [5.41, 5.74) is 1.53. The molecule has 4 rings (SSSR count). The lowest BCUT2D eigenvalue weighted by Gasteiger charge is -2.19. The number of carbonyl (C=O) groups excluding carboxylic acids is 1. The number of hydrogen-bond acceptors (Lipinski definition) is 7. The summed E-state index contributed by atoms with van der Waals surface area (Å²) in [6.07, 6.45) is 4.03. The largest absolute Gasteiger partial charge is 0.493 e. The van der Waals surface area contributed by atoms with Gasteiger partial charge in [0.2, 0.25) is 5.75 Å². The van der Waals surface area contributed by atoms with Crippen molar-refractivity contribution in [3.05, 3.63) is 64.5 Å². The molecule has 9 heteroatoms. The van der Waals surface area contributed by atoms with Crippen molar-refractivity contribution < 1.29 is 19.0 Å². The molecule has 0 spiro atoms. The molecular weight excluding hydrogens is 412 g/mol. The predicted molar refractivity (Wildman–Crippen MR) is 117 cm³/mol. The van der Waals surface area contributed by atoms with E-state index >= 15 is 0 Å². The van der Waals surface area contributed by atoms with Gasteiger partial charge in [0.25, 0.3) is 11.5 Å². The Hall–Kier alpha value is -3.88. The number of hydrogen-bond donors (Lipinski definition) is 1. The van der Waals surface area contributed by atoms with Crippen LogP contribution in [0.25, 0.3) is 11.3 Å². The average molecular weight is 436 g/mol.